The molecule has 0 bridgehead atoms. The summed E-state index contributed by atoms with van der Waals surface area (Å²) in [5.41, 5.74) is 6.13. The van der Waals surface area contributed by atoms with Gasteiger partial charge in [-0.3, -0.25) is 14.4 Å². The van der Waals surface area contributed by atoms with Crippen molar-refractivity contribution in [2.75, 3.05) is 6.61 Å². The van der Waals surface area contributed by atoms with Gasteiger partial charge in [0.1, 0.15) is 6.04 Å². The number of carbonyl (C=O) groups excluding carboxylic acids is 3. The van der Waals surface area contributed by atoms with Crippen molar-refractivity contribution in [1.29, 1.82) is 0 Å². The largest absolute Gasteiger partial charge is 0.466 e. The van der Waals surface area contributed by atoms with Gasteiger partial charge < -0.3 is 15.8 Å². The summed E-state index contributed by atoms with van der Waals surface area (Å²) in [6.45, 7) is 3.61. The van der Waals surface area contributed by atoms with Gasteiger partial charge >= 0.3 is 5.97 Å². The summed E-state index contributed by atoms with van der Waals surface area (Å²) < 4.78 is 4.88. The highest BCUT2D eigenvalue weighted by atomic mass is 16.5. The number of rotatable bonds is 8. The summed E-state index contributed by atoms with van der Waals surface area (Å²) in [4.78, 5) is 35.0. The van der Waals surface area contributed by atoms with Crippen molar-refractivity contribution in [1.82, 2.24) is 5.32 Å². The fraction of sp³-hybridized carbons (Fsp3) is 0.438. The fourth-order valence-electron chi connectivity index (χ4n) is 2.01. The minimum atomic E-state index is -0.893. The van der Waals surface area contributed by atoms with Gasteiger partial charge in [0.25, 0.3) is 0 Å². The molecule has 0 aliphatic heterocycles. The first-order chi connectivity index (χ1) is 10.4. The fourth-order valence-corrected chi connectivity index (χ4v) is 2.01. The Morgan fingerprint density at radius 1 is 1.23 bits per heavy atom. The maximum Gasteiger partial charge on any atom is 0.308 e. The van der Waals surface area contributed by atoms with Crippen molar-refractivity contribution in [3.05, 3.63) is 35.9 Å². The number of carbonyl (C=O) groups is 3. The Labute approximate surface area is 130 Å². The Kier molecular flexibility index (Phi) is 7.08. The Hall–Kier alpha value is -2.37. The Morgan fingerprint density at radius 3 is 2.41 bits per heavy atom. The average Bonchev–Trinajstić information content (AvgIpc) is 2.47. The van der Waals surface area contributed by atoms with Crippen LogP contribution in [0.25, 0.3) is 0 Å². The van der Waals surface area contributed by atoms with Crippen molar-refractivity contribution in [3.63, 3.8) is 0 Å². The summed E-state index contributed by atoms with van der Waals surface area (Å²) in [7, 11) is 0. The zero-order valence-corrected chi connectivity index (χ0v) is 12.9. The van der Waals surface area contributed by atoms with Crippen LogP contribution in [0.3, 0.4) is 0 Å². The van der Waals surface area contributed by atoms with Gasteiger partial charge in [0.2, 0.25) is 11.8 Å². The lowest BCUT2D eigenvalue weighted by Gasteiger charge is -2.18. The molecule has 6 heteroatoms. The number of hydrogen-bond acceptors (Lipinski definition) is 4. The molecule has 2 atom stereocenters. The number of ether oxygens (including phenoxy) is 1. The van der Waals surface area contributed by atoms with Gasteiger partial charge in [-0.25, -0.2) is 0 Å². The molecule has 0 spiro atoms. The van der Waals surface area contributed by atoms with E-state index in [-0.39, 0.29) is 25.4 Å². The van der Waals surface area contributed by atoms with E-state index in [0.717, 1.165) is 5.56 Å². The highest BCUT2D eigenvalue weighted by molar-refractivity contribution is 5.88. The molecule has 0 saturated heterocycles. The first-order valence-corrected chi connectivity index (χ1v) is 7.23. The summed E-state index contributed by atoms with van der Waals surface area (Å²) in [5.74, 6) is -1.91. The van der Waals surface area contributed by atoms with Crippen molar-refractivity contribution < 1.29 is 19.1 Å². The van der Waals surface area contributed by atoms with E-state index in [1.54, 1.807) is 13.8 Å². The number of benzene rings is 1. The lowest BCUT2D eigenvalue weighted by atomic mass is 10.0. The molecule has 0 aliphatic carbocycles. The van der Waals surface area contributed by atoms with Gasteiger partial charge in [0.05, 0.1) is 18.9 Å². The van der Waals surface area contributed by atoms with Crippen LogP contribution in [0.2, 0.25) is 0 Å². The van der Waals surface area contributed by atoms with Gasteiger partial charge in [-0.05, 0) is 18.9 Å². The van der Waals surface area contributed by atoms with Gasteiger partial charge in [0.15, 0.2) is 0 Å². The van der Waals surface area contributed by atoms with Gasteiger partial charge in [0, 0.05) is 0 Å². The second kappa shape index (κ2) is 8.81. The van der Waals surface area contributed by atoms with E-state index >= 15 is 0 Å². The van der Waals surface area contributed by atoms with Crippen LogP contribution in [0.5, 0.6) is 0 Å². The molecule has 1 rings (SSSR count). The molecule has 22 heavy (non-hydrogen) atoms. The second-order valence-corrected chi connectivity index (χ2v) is 5.07. The van der Waals surface area contributed by atoms with Crippen LogP contribution >= 0.6 is 0 Å². The third kappa shape index (κ3) is 5.95. The number of primary amides is 1. The van der Waals surface area contributed by atoms with Crippen LogP contribution in [-0.4, -0.2) is 30.4 Å². The zero-order valence-electron chi connectivity index (χ0n) is 12.9. The van der Waals surface area contributed by atoms with Crippen LogP contribution in [-0.2, 0) is 25.5 Å². The van der Waals surface area contributed by atoms with Crippen LogP contribution in [0, 0.1) is 5.92 Å². The monoisotopic (exact) mass is 306 g/mol. The minimum absolute atomic E-state index is 0.120. The molecule has 3 N–H and O–H groups in total. The molecule has 1 aromatic rings. The second-order valence-electron chi connectivity index (χ2n) is 5.07. The Morgan fingerprint density at radius 2 is 1.86 bits per heavy atom. The SMILES string of the molecule is CCOC(=O)[C@@H](C)C[C@H](NC(=O)Cc1ccccc1)C(N)=O. The van der Waals surface area contributed by atoms with Crippen molar-refractivity contribution in [2.45, 2.75) is 32.7 Å². The molecule has 0 unspecified atom stereocenters. The molecule has 0 radical (unpaired) electrons. The number of nitrogens with one attached hydrogen (secondary N) is 1. The van der Waals surface area contributed by atoms with E-state index in [4.69, 9.17) is 10.5 Å². The van der Waals surface area contributed by atoms with Gasteiger partial charge in [-0.15, -0.1) is 0 Å². The summed E-state index contributed by atoms with van der Waals surface area (Å²) >= 11 is 0. The Bertz CT molecular complexity index is 516. The topological polar surface area (TPSA) is 98.5 Å². The first kappa shape index (κ1) is 17.7. The molecule has 0 saturated carbocycles. The molecular formula is C16H22N2O4. The maximum absolute atomic E-state index is 12.0. The zero-order chi connectivity index (χ0) is 16.5. The van der Waals surface area contributed by atoms with Crippen LogP contribution in [0.4, 0.5) is 0 Å². The van der Waals surface area contributed by atoms with E-state index in [2.05, 4.69) is 5.32 Å². The Balaban J connectivity index is 2.58. The highest BCUT2D eigenvalue weighted by Gasteiger charge is 2.25. The number of amides is 2. The predicted octanol–water partition coefficient (Wildman–Crippen LogP) is 0.788. The number of hydrogen-bond donors (Lipinski definition) is 2. The molecule has 2 amide bonds. The summed E-state index contributed by atoms with van der Waals surface area (Å²) in [6.07, 6.45) is 0.271. The normalized spacial score (nSPS) is 13.0. The lowest BCUT2D eigenvalue weighted by molar-refractivity contribution is -0.148. The molecular weight excluding hydrogens is 284 g/mol. The molecule has 0 aliphatic rings. The molecule has 120 valence electrons. The summed E-state index contributed by atoms with van der Waals surface area (Å²) in [5, 5.41) is 2.57. The van der Waals surface area contributed by atoms with Crippen LogP contribution in [0.1, 0.15) is 25.8 Å². The first-order valence-electron chi connectivity index (χ1n) is 7.23. The minimum Gasteiger partial charge on any atom is -0.466 e. The quantitative estimate of drug-likeness (QED) is 0.694. The van der Waals surface area contributed by atoms with Crippen molar-refractivity contribution in [3.8, 4) is 0 Å². The molecule has 0 fully saturated rings. The molecule has 0 heterocycles. The third-order valence-corrected chi connectivity index (χ3v) is 3.16. The van der Waals surface area contributed by atoms with Crippen LogP contribution < -0.4 is 11.1 Å². The molecule has 0 aromatic heterocycles. The number of nitrogens with two attached hydrogens (primary N) is 1. The highest BCUT2D eigenvalue weighted by Crippen LogP contribution is 2.09. The van der Waals surface area contributed by atoms with Crippen molar-refractivity contribution >= 4 is 17.8 Å². The average molecular weight is 306 g/mol. The third-order valence-electron chi connectivity index (χ3n) is 3.16. The van der Waals surface area contributed by atoms with E-state index < -0.39 is 23.8 Å². The van der Waals surface area contributed by atoms with E-state index in [1.165, 1.54) is 0 Å². The molecule has 6 nitrogen and oxygen atoms in total. The summed E-state index contributed by atoms with van der Waals surface area (Å²) in [6, 6.07) is 8.26. The van der Waals surface area contributed by atoms with Crippen LogP contribution in [0.15, 0.2) is 30.3 Å². The maximum atomic E-state index is 12.0. The smallest absolute Gasteiger partial charge is 0.308 e. The molecule has 1 aromatic carbocycles. The lowest BCUT2D eigenvalue weighted by Crippen LogP contribution is -2.46. The number of esters is 1. The van der Waals surface area contributed by atoms with E-state index in [1.807, 2.05) is 30.3 Å². The standard InChI is InChI=1S/C16H22N2O4/c1-3-22-16(21)11(2)9-13(15(17)20)18-14(19)10-12-7-5-4-6-8-12/h4-8,11,13H,3,9-10H2,1-2H3,(H2,17,20)(H,18,19)/t11-,13-/m0/s1. The van der Waals surface area contributed by atoms with Gasteiger partial charge in [-0.1, -0.05) is 37.3 Å². The van der Waals surface area contributed by atoms with E-state index in [9.17, 15) is 14.4 Å². The predicted molar refractivity (Wildman–Crippen MR) is 81.7 cm³/mol. The van der Waals surface area contributed by atoms with Crippen molar-refractivity contribution in [2.24, 2.45) is 11.7 Å². The van der Waals surface area contributed by atoms with Gasteiger partial charge in [-0.2, -0.15) is 0 Å². The van der Waals surface area contributed by atoms with E-state index in [0.29, 0.717) is 0 Å².